The molecule has 1 aromatic rings. The van der Waals surface area contributed by atoms with Crippen molar-refractivity contribution in [3.05, 3.63) is 25.6 Å². The molecular weight excluding hydrogens is 434 g/mol. The Labute approximate surface area is 140 Å². The third-order valence-electron chi connectivity index (χ3n) is 4.36. The van der Waals surface area contributed by atoms with Gasteiger partial charge in [0.1, 0.15) is 0 Å². The van der Waals surface area contributed by atoms with Crippen LogP contribution in [0.4, 0.5) is 5.69 Å². The lowest BCUT2D eigenvalue weighted by atomic mass is 9.82. The van der Waals surface area contributed by atoms with Gasteiger partial charge in [-0.05, 0) is 81.5 Å². The molecule has 19 heavy (non-hydrogen) atoms. The van der Waals surface area contributed by atoms with Gasteiger partial charge in [0, 0.05) is 19.5 Å². The van der Waals surface area contributed by atoms with E-state index in [2.05, 4.69) is 65.2 Å². The Bertz CT molecular complexity index is 447. The zero-order valence-electron chi connectivity index (χ0n) is 10.8. The van der Waals surface area contributed by atoms with E-state index in [4.69, 9.17) is 0 Å². The van der Waals surface area contributed by atoms with Gasteiger partial charge < -0.3 is 5.32 Å². The van der Waals surface area contributed by atoms with Crippen LogP contribution in [0, 0.1) is 11.8 Å². The fraction of sp³-hybridized carbons (Fsp3) is 0.600. The number of hydrogen-bond acceptors (Lipinski definition) is 1. The Hall–Kier alpha value is 0.460. The zero-order chi connectivity index (χ0) is 13.4. The molecule has 1 nitrogen and oxygen atoms in total. The second-order valence-electron chi connectivity index (χ2n) is 5.85. The molecule has 0 radical (unpaired) electrons. The number of hydrogen-bond donors (Lipinski definition) is 1. The lowest BCUT2D eigenvalue weighted by Gasteiger charge is -2.31. The first-order valence-electron chi connectivity index (χ1n) is 7.04. The topological polar surface area (TPSA) is 12.0 Å². The minimum absolute atomic E-state index is 0.633. The van der Waals surface area contributed by atoms with E-state index in [1.165, 1.54) is 44.2 Å². The van der Waals surface area contributed by atoms with Crippen LogP contribution in [0.1, 0.15) is 38.5 Å². The Morgan fingerprint density at radius 3 is 2.21 bits per heavy atom. The molecule has 0 aliphatic heterocycles. The van der Waals surface area contributed by atoms with E-state index in [-0.39, 0.29) is 0 Å². The summed E-state index contributed by atoms with van der Waals surface area (Å²) in [6, 6.07) is 4.84. The average Bonchev–Trinajstić information content (AvgIpc) is 3.18. The summed E-state index contributed by atoms with van der Waals surface area (Å²) in [5.74, 6) is 2.01. The summed E-state index contributed by atoms with van der Waals surface area (Å²) in [5.41, 5.74) is 1.20. The van der Waals surface area contributed by atoms with Crippen molar-refractivity contribution in [1.82, 2.24) is 0 Å². The van der Waals surface area contributed by atoms with E-state index < -0.39 is 0 Å². The quantitative estimate of drug-likeness (QED) is 0.564. The normalized spacial score (nSPS) is 27.3. The van der Waals surface area contributed by atoms with Gasteiger partial charge in [0.05, 0.1) is 5.69 Å². The van der Waals surface area contributed by atoms with Gasteiger partial charge in [0.2, 0.25) is 0 Å². The molecule has 0 spiro atoms. The summed E-state index contributed by atoms with van der Waals surface area (Å²) in [6.45, 7) is 0. The molecule has 2 aliphatic rings. The highest BCUT2D eigenvalue weighted by Crippen LogP contribution is 2.45. The van der Waals surface area contributed by atoms with Crippen molar-refractivity contribution in [3.8, 4) is 0 Å². The summed E-state index contributed by atoms with van der Waals surface area (Å²) >= 11 is 10.8. The number of rotatable bonds is 3. The van der Waals surface area contributed by atoms with Gasteiger partial charge in [0.25, 0.3) is 0 Å². The standard InChI is InChI=1S/C15H18Br3N/c16-11-7-13(17)15(14(18)8-11)19-12-3-1-2-10(6-12)9-4-5-9/h7-10,12,19H,1-6H2. The van der Waals surface area contributed by atoms with Crippen molar-refractivity contribution in [3.63, 3.8) is 0 Å². The molecule has 4 heteroatoms. The molecule has 2 unspecified atom stereocenters. The van der Waals surface area contributed by atoms with Crippen LogP contribution >= 0.6 is 47.8 Å². The van der Waals surface area contributed by atoms with E-state index in [0.29, 0.717) is 6.04 Å². The van der Waals surface area contributed by atoms with Crippen molar-refractivity contribution in [2.45, 2.75) is 44.6 Å². The molecule has 104 valence electrons. The number of nitrogens with one attached hydrogen (secondary N) is 1. The first-order chi connectivity index (χ1) is 9.13. The number of halogens is 3. The molecule has 0 aromatic heterocycles. The van der Waals surface area contributed by atoms with Crippen molar-refractivity contribution in [2.75, 3.05) is 5.32 Å². The monoisotopic (exact) mass is 449 g/mol. The maximum atomic E-state index is 3.74. The molecule has 2 aliphatic carbocycles. The molecule has 0 bridgehead atoms. The van der Waals surface area contributed by atoms with Crippen molar-refractivity contribution >= 4 is 53.5 Å². The molecule has 0 saturated heterocycles. The van der Waals surface area contributed by atoms with Crippen LogP contribution < -0.4 is 5.32 Å². The lowest BCUT2D eigenvalue weighted by Crippen LogP contribution is -2.28. The fourth-order valence-corrected chi connectivity index (χ4v) is 5.73. The maximum absolute atomic E-state index is 3.74. The van der Waals surface area contributed by atoms with Crippen LogP contribution in [0.25, 0.3) is 0 Å². The highest BCUT2D eigenvalue weighted by Gasteiger charge is 2.34. The van der Waals surface area contributed by atoms with Crippen LogP contribution in [0.3, 0.4) is 0 Å². The smallest absolute Gasteiger partial charge is 0.0631 e. The van der Waals surface area contributed by atoms with Crippen molar-refractivity contribution in [1.29, 1.82) is 0 Å². The molecule has 2 atom stereocenters. The first kappa shape index (κ1) is 14.4. The highest BCUT2D eigenvalue weighted by atomic mass is 79.9. The number of benzene rings is 1. The van der Waals surface area contributed by atoms with Crippen LogP contribution in [-0.4, -0.2) is 6.04 Å². The summed E-state index contributed by atoms with van der Waals surface area (Å²) < 4.78 is 3.35. The second-order valence-corrected chi connectivity index (χ2v) is 8.47. The predicted octanol–water partition coefficient (Wildman–Crippen LogP) is 6.35. The average molecular weight is 452 g/mol. The number of anilines is 1. The highest BCUT2D eigenvalue weighted by molar-refractivity contribution is 9.11. The Morgan fingerprint density at radius 2 is 1.58 bits per heavy atom. The van der Waals surface area contributed by atoms with Crippen LogP contribution in [0.5, 0.6) is 0 Å². The van der Waals surface area contributed by atoms with E-state index in [9.17, 15) is 0 Å². The second kappa shape index (κ2) is 6.07. The lowest BCUT2D eigenvalue weighted by molar-refractivity contribution is 0.303. The molecule has 2 saturated carbocycles. The summed E-state index contributed by atoms with van der Waals surface area (Å²) in [7, 11) is 0. The molecule has 3 rings (SSSR count). The summed E-state index contributed by atoms with van der Waals surface area (Å²) in [4.78, 5) is 0. The molecule has 0 amide bonds. The minimum atomic E-state index is 0.633. The molecular formula is C15H18Br3N. The van der Waals surface area contributed by atoms with Crippen LogP contribution in [0.15, 0.2) is 25.6 Å². The van der Waals surface area contributed by atoms with E-state index >= 15 is 0 Å². The molecule has 1 aromatic carbocycles. The SMILES string of the molecule is Brc1cc(Br)c(NC2CCCC(C3CC3)C2)c(Br)c1. The van der Waals surface area contributed by atoms with Crippen LogP contribution in [-0.2, 0) is 0 Å². The van der Waals surface area contributed by atoms with Gasteiger partial charge in [-0.2, -0.15) is 0 Å². The molecule has 1 N–H and O–H groups in total. The predicted molar refractivity (Wildman–Crippen MR) is 91.6 cm³/mol. The summed E-state index contributed by atoms with van der Waals surface area (Å²) in [6.07, 6.45) is 8.43. The molecule has 0 heterocycles. The van der Waals surface area contributed by atoms with Gasteiger partial charge in [-0.3, -0.25) is 0 Å². The minimum Gasteiger partial charge on any atom is -0.380 e. The Balaban J connectivity index is 1.70. The fourth-order valence-electron chi connectivity index (χ4n) is 3.24. The van der Waals surface area contributed by atoms with Crippen LogP contribution in [0.2, 0.25) is 0 Å². The third-order valence-corrected chi connectivity index (χ3v) is 6.07. The maximum Gasteiger partial charge on any atom is 0.0631 e. The van der Waals surface area contributed by atoms with E-state index in [1.807, 2.05) is 0 Å². The van der Waals surface area contributed by atoms with Crippen molar-refractivity contribution < 1.29 is 0 Å². The first-order valence-corrected chi connectivity index (χ1v) is 9.42. The van der Waals surface area contributed by atoms with Gasteiger partial charge in [-0.25, -0.2) is 0 Å². The van der Waals surface area contributed by atoms with E-state index in [0.717, 1.165) is 25.3 Å². The van der Waals surface area contributed by atoms with E-state index in [1.54, 1.807) is 0 Å². The Kier molecular flexibility index (Phi) is 4.60. The summed E-state index contributed by atoms with van der Waals surface area (Å²) in [5, 5.41) is 3.74. The third kappa shape index (κ3) is 3.56. The molecule has 2 fully saturated rings. The van der Waals surface area contributed by atoms with Gasteiger partial charge in [-0.15, -0.1) is 0 Å². The largest absolute Gasteiger partial charge is 0.380 e. The zero-order valence-corrected chi connectivity index (χ0v) is 15.5. The van der Waals surface area contributed by atoms with Gasteiger partial charge in [0.15, 0.2) is 0 Å². The Morgan fingerprint density at radius 1 is 0.895 bits per heavy atom. The van der Waals surface area contributed by atoms with Crippen molar-refractivity contribution in [2.24, 2.45) is 11.8 Å². The van der Waals surface area contributed by atoms with Gasteiger partial charge in [-0.1, -0.05) is 28.8 Å². The van der Waals surface area contributed by atoms with Gasteiger partial charge >= 0.3 is 0 Å².